The third-order valence-electron chi connectivity index (χ3n) is 5.30. The summed E-state index contributed by atoms with van der Waals surface area (Å²) in [4.78, 5) is 15.7. The number of hydrogen-bond acceptors (Lipinski definition) is 6. The Bertz CT molecular complexity index is 1070. The van der Waals surface area contributed by atoms with E-state index in [1.165, 1.54) is 0 Å². The molecular weight excluding hydrogens is 370 g/mol. The average Bonchev–Trinajstić information content (AvgIpc) is 3.14. The van der Waals surface area contributed by atoms with E-state index in [0.29, 0.717) is 16.8 Å². The van der Waals surface area contributed by atoms with Crippen molar-refractivity contribution in [3.63, 3.8) is 0 Å². The summed E-state index contributed by atoms with van der Waals surface area (Å²) >= 11 is 0. The zero-order valence-electron chi connectivity index (χ0n) is 16.2. The van der Waals surface area contributed by atoms with Crippen LogP contribution in [0.1, 0.15) is 16.8 Å². The van der Waals surface area contributed by atoms with Crippen LogP contribution in [-0.4, -0.2) is 58.4 Å². The number of nitro groups is 1. The van der Waals surface area contributed by atoms with Crippen molar-refractivity contribution in [2.75, 3.05) is 38.1 Å². The number of hydrogen-bond donors (Lipinski definition) is 2. The van der Waals surface area contributed by atoms with Crippen molar-refractivity contribution in [1.82, 2.24) is 15.1 Å². The van der Waals surface area contributed by atoms with Crippen LogP contribution < -0.4 is 4.90 Å². The Morgan fingerprint density at radius 1 is 1.21 bits per heavy atom. The number of nitrogens with zero attached hydrogens (tertiary/aromatic N) is 4. The lowest BCUT2D eigenvalue weighted by atomic mass is 10.1. The molecule has 1 aliphatic rings. The van der Waals surface area contributed by atoms with Gasteiger partial charge in [-0.2, -0.15) is 5.10 Å². The number of anilines is 1. The molecule has 150 valence electrons. The summed E-state index contributed by atoms with van der Waals surface area (Å²) in [6.07, 6.45) is 3.71. The first-order valence-electron chi connectivity index (χ1n) is 9.53. The molecule has 2 aromatic carbocycles. The highest BCUT2D eigenvalue weighted by atomic mass is 16.6. The molecule has 2 heterocycles. The van der Waals surface area contributed by atoms with E-state index < -0.39 is 0 Å². The Kier molecular flexibility index (Phi) is 5.28. The third-order valence-corrected chi connectivity index (χ3v) is 5.30. The Balaban J connectivity index is 1.69. The molecule has 0 radical (unpaired) electrons. The van der Waals surface area contributed by atoms with Gasteiger partial charge in [0.2, 0.25) is 0 Å². The molecule has 3 aromatic rings. The van der Waals surface area contributed by atoms with Gasteiger partial charge in [-0.3, -0.25) is 15.2 Å². The first-order chi connectivity index (χ1) is 14.0. The molecule has 29 heavy (non-hydrogen) atoms. The zero-order chi connectivity index (χ0) is 20.4. The Morgan fingerprint density at radius 2 is 2.00 bits per heavy atom. The van der Waals surface area contributed by atoms with E-state index in [-0.39, 0.29) is 17.2 Å². The van der Waals surface area contributed by atoms with Crippen molar-refractivity contribution in [2.24, 2.45) is 0 Å². The smallest absolute Gasteiger partial charge is 0.293 e. The molecule has 1 aromatic heterocycles. The van der Waals surface area contributed by atoms with Crippen molar-refractivity contribution in [3.05, 3.63) is 63.3 Å². The molecule has 0 saturated carbocycles. The zero-order valence-corrected chi connectivity index (χ0v) is 16.2. The largest absolute Gasteiger partial charge is 0.392 e. The third kappa shape index (κ3) is 3.98. The van der Waals surface area contributed by atoms with Gasteiger partial charge in [-0.15, -0.1) is 0 Å². The predicted molar refractivity (Wildman–Crippen MR) is 114 cm³/mol. The molecule has 0 bridgehead atoms. The Labute approximate surface area is 168 Å². The van der Waals surface area contributed by atoms with E-state index in [9.17, 15) is 15.2 Å². The van der Waals surface area contributed by atoms with Gasteiger partial charge in [0, 0.05) is 37.6 Å². The lowest BCUT2D eigenvalue weighted by Gasteiger charge is -2.33. The minimum Gasteiger partial charge on any atom is -0.392 e. The van der Waals surface area contributed by atoms with Crippen molar-refractivity contribution in [1.29, 1.82) is 0 Å². The average molecular weight is 393 g/mol. The Hall–Kier alpha value is -3.23. The fourth-order valence-electron chi connectivity index (χ4n) is 3.61. The highest BCUT2D eigenvalue weighted by Gasteiger charge is 2.24. The number of nitrogens with one attached hydrogen (secondary N) is 1. The Morgan fingerprint density at radius 3 is 2.72 bits per heavy atom. The second kappa shape index (κ2) is 8.02. The number of aliphatic hydroxyl groups excluding tert-OH is 1. The van der Waals surface area contributed by atoms with Gasteiger partial charge in [0.25, 0.3) is 5.69 Å². The highest BCUT2D eigenvalue weighted by Crippen LogP contribution is 2.34. The van der Waals surface area contributed by atoms with Crippen LogP contribution in [0.2, 0.25) is 0 Å². The molecule has 2 N–H and O–H groups in total. The molecule has 0 unspecified atom stereocenters. The summed E-state index contributed by atoms with van der Waals surface area (Å²) in [5.74, 6) is 0. The van der Waals surface area contributed by atoms with E-state index in [1.807, 2.05) is 42.5 Å². The monoisotopic (exact) mass is 393 g/mol. The summed E-state index contributed by atoms with van der Waals surface area (Å²) in [5, 5.41) is 29.1. The van der Waals surface area contributed by atoms with E-state index in [2.05, 4.69) is 27.0 Å². The normalized spacial score (nSPS) is 15.4. The molecule has 1 aliphatic heterocycles. The summed E-state index contributed by atoms with van der Waals surface area (Å²) in [7, 11) is 2.05. The number of aromatic amines is 1. The van der Waals surface area contributed by atoms with E-state index in [4.69, 9.17) is 0 Å². The topological polar surface area (TPSA) is 98.5 Å². The number of H-pyrrole nitrogens is 1. The molecule has 0 aliphatic carbocycles. The quantitative estimate of drug-likeness (QED) is 0.511. The molecule has 0 amide bonds. The standard InChI is InChI=1S/C21H23N5O3/c1-24-7-9-25(10-8-24)20-13-19-17(12-21(20)26(28)29)18(22-23-19)6-5-15-3-2-4-16(11-15)14-27/h2-6,11-13,27H,7-10,14H2,1H3,(H,22,23). The lowest BCUT2D eigenvalue weighted by molar-refractivity contribution is -0.384. The van der Waals surface area contributed by atoms with E-state index in [0.717, 1.165) is 42.8 Å². The molecule has 4 rings (SSSR count). The number of likely N-dealkylation sites (N-methyl/N-ethyl adjacent to an activating group) is 1. The minimum atomic E-state index is -0.321. The van der Waals surface area contributed by atoms with Gasteiger partial charge in [0.1, 0.15) is 5.69 Å². The lowest BCUT2D eigenvalue weighted by Crippen LogP contribution is -2.44. The van der Waals surface area contributed by atoms with Gasteiger partial charge in [-0.1, -0.05) is 24.3 Å². The van der Waals surface area contributed by atoms with Crippen LogP contribution >= 0.6 is 0 Å². The molecule has 0 atom stereocenters. The van der Waals surface area contributed by atoms with Crippen LogP contribution in [-0.2, 0) is 6.61 Å². The SMILES string of the molecule is CN1CCN(c2cc3[nH]nc(C=Cc4cccc(CO)c4)c3cc2[N+](=O)[O-])CC1. The highest BCUT2D eigenvalue weighted by molar-refractivity contribution is 5.94. The maximum absolute atomic E-state index is 11.8. The van der Waals surface area contributed by atoms with Gasteiger partial charge < -0.3 is 14.9 Å². The predicted octanol–water partition coefficient (Wildman–Crippen LogP) is 2.89. The fraction of sp³-hybridized carbons (Fsp3) is 0.286. The van der Waals surface area contributed by atoms with Gasteiger partial charge in [-0.25, -0.2) is 0 Å². The first kappa shape index (κ1) is 19.1. The second-order valence-corrected chi connectivity index (χ2v) is 7.28. The first-order valence-corrected chi connectivity index (χ1v) is 9.53. The summed E-state index contributed by atoms with van der Waals surface area (Å²) in [6, 6.07) is 11.0. The van der Waals surface area contributed by atoms with Crippen molar-refractivity contribution in [3.8, 4) is 0 Å². The van der Waals surface area contributed by atoms with Crippen LogP contribution in [0, 0.1) is 10.1 Å². The van der Waals surface area contributed by atoms with Gasteiger partial charge >= 0.3 is 0 Å². The number of rotatable bonds is 5. The second-order valence-electron chi connectivity index (χ2n) is 7.28. The van der Waals surface area contributed by atoms with E-state index >= 15 is 0 Å². The maximum atomic E-state index is 11.8. The number of benzene rings is 2. The number of fused-ring (bicyclic) bond motifs is 1. The number of piperazine rings is 1. The molecule has 8 heteroatoms. The molecule has 1 fully saturated rings. The molecule has 8 nitrogen and oxygen atoms in total. The number of aromatic nitrogens is 2. The van der Waals surface area contributed by atoms with Crippen LogP contribution in [0.4, 0.5) is 11.4 Å². The summed E-state index contributed by atoms with van der Waals surface area (Å²) < 4.78 is 0. The number of nitro benzene ring substituents is 1. The van der Waals surface area contributed by atoms with Crippen molar-refractivity contribution in [2.45, 2.75) is 6.61 Å². The van der Waals surface area contributed by atoms with E-state index in [1.54, 1.807) is 6.07 Å². The molecule has 1 saturated heterocycles. The van der Waals surface area contributed by atoms with Crippen molar-refractivity contribution < 1.29 is 10.0 Å². The van der Waals surface area contributed by atoms with Crippen LogP contribution in [0.15, 0.2) is 36.4 Å². The maximum Gasteiger partial charge on any atom is 0.293 e. The van der Waals surface area contributed by atoms with Crippen molar-refractivity contribution >= 4 is 34.4 Å². The molecule has 0 spiro atoms. The number of aliphatic hydroxyl groups is 1. The summed E-state index contributed by atoms with van der Waals surface area (Å²) in [5.41, 5.74) is 3.89. The fourth-order valence-corrected chi connectivity index (χ4v) is 3.61. The van der Waals surface area contributed by atoms with Gasteiger partial charge in [-0.05, 0) is 36.4 Å². The summed E-state index contributed by atoms with van der Waals surface area (Å²) in [6.45, 7) is 3.24. The van der Waals surface area contributed by atoms with Gasteiger partial charge in [0.05, 0.1) is 22.7 Å². The van der Waals surface area contributed by atoms with Crippen LogP contribution in [0.5, 0.6) is 0 Å². The van der Waals surface area contributed by atoms with Gasteiger partial charge in [0.15, 0.2) is 0 Å². The minimum absolute atomic E-state index is 0.0196. The molecular formula is C21H23N5O3. The van der Waals surface area contributed by atoms with Crippen LogP contribution in [0.3, 0.4) is 0 Å². The van der Waals surface area contributed by atoms with Crippen LogP contribution in [0.25, 0.3) is 23.1 Å².